The largest absolute Gasteiger partial charge is 0.496 e. The summed E-state index contributed by atoms with van der Waals surface area (Å²) in [5.74, 6) is 0.939. The van der Waals surface area contributed by atoms with Crippen LogP contribution in [0.4, 0.5) is 0 Å². The molecule has 0 aliphatic rings. The van der Waals surface area contributed by atoms with E-state index in [1.807, 2.05) is 6.07 Å². The van der Waals surface area contributed by atoms with Gasteiger partial charge in [0, 0.05) is 18.7 Å². The maximum absolute atomic E-state index is 5.70. The van der Waals surface area contributed by atoms with Gasteiger partial charge in [0.25, 0.3) is 0 Å². The molecule has 0 radical (unpaired) electrons. The second-order valence-corrected chi connectivity index (χ2v) is 5.29. The molecule has 0 heterocycles. The Hall–Kier alpha value is -1.06. The standard InChI is InChI=1S/C14H24N2O/c1-11-5-6-13(17-4)12(7-11)8-16-10-14(2,3)9-15/h5-7,16H,8-10,15H2,1-4H3. The van der Waals surface area contributed by atoms with Crippen molar-refractivity contribution >= 4 is 0 Å². The van der Waals surface area contributed by atoms with Crippen LogP contribution in [0.1, 0.15) is 25.0 Å². The van der Waals surface area contributed by atoms with E-state index < -0.39 is 0 Å². The lowest BCUT2D eigenvalue weighted by molar-refractivity contribution is 0.348. The lowest BCUT2D eigenvalue weighted by Gasteiger charge is -2.23. The first-order valence-electron chi connectivity index (χ1n) is 6.03. The van der Waals surface area contributed by atoms with Crippen LogP contribution in [0.2, 0.25) is 0 Å². The fourth-order valence-electron chi connectivity index (χ4n) is 1.65. The molecule has 0 unspecified atom stereocenters. The van der Waals surface area contributed by atoms with Gasteiger partial charge in [0.2, 0.25) is 0 Å². The Morgan fingerprint density at radius 1 is 1.35 bits per heavy atom. The number of benzene rings is 1. The zero-order valence-corrected chi connectivity index (χ0v) is 11.3. The molecule has 3 heteroatoms. The van der Waals surface area contributed by atoms with Crippen LogP contribution in [0.3, 0.4) is 0 Å². The fourth-order valence-corrected chi connectivity index (χ4v) is 1.65. The van der Waals surface area contributed by atoms with E-state index in [1.54, 1.807) is 7.11 Å². The highest BCUT2D eigenvalue weighted by Gasteiger charge is 2.14. The normalized spacial score (nSPS) is 11.6. The van der Waals surface area contributed by atoms with E-state index in [0.29, 0.717) is 6.54 Å². The Labute approximate surface area is 104 Å². The van der Waals surface area contributed by atoms with E-state index in [-0.39, 0.29) is 5.41 Å². The van der Waals surface area contributed by atoms with Crippen molar-refractivity contribution in [2.75, 3.05) is 20.2 Å². The summed E-state index contributed by atoms with van der Waals surface area (Å²) < 4.78 is 5.34. The van der Waals surface area contributed by atoms with Crippen LogP contribution in [0.5, 0.6) is 5.75 Å². The molecule has 0 aliphatic carbocycles. The third-order valence-electron chi connectivity index (χ3n) is 2.91. The van der Waals surface area contributed by atoms with Crippen molar-refractivity contribution < 1.29 is 4.74 Å². The van der Waals surface area contributed by atoms with Gasteiger partial charge in [-0.05, 0) is 24.9 Å². The summed E-state index contributed by atoms with van der Waals surface area (Å²) in [6.45, 7) is 8.81. The number of aryl methyl sites for hydroxylation is 1. The molecule has 0 amide bonds. The molecule has 1 aromatic carbocycles. The number of hydrogen-bond donors (Lipinski definition) is 2. The molecule has 3 nitrogen and oxygen atoms in total. The van der Waals surface area contributed by atoms with Gasteiger partial charge >= 0.3 is 0 Å². The van der Waals surface area contributed by atoms with Gasteiger partial charge < -0.3 is 15.8 Å². The summed E-state index contributed by atoms with van der Waals surface area (Å²) in [6, 6.07) is 6.23. The molecule has 3 N–H and O–H groups in total. The number of ether oxygens (including phenoxy) is 1. The summed E-state index contributed by atoms with van der Waals surface area (Å²) in [5, 5.41) is 3.43. The molecule has 0 spiro atoms. The van der Waals surface area contributed by atoms with Gasteiger partial charge in [0.15, 0.2) is 0 Å². The van der Waals surface area contributed by atoms with E-state index in [0.717, 1.165) is 18.8 Å². The summed E-state index contributed by atoms with van der Waals surface area (Å²) >= 11 is 0. The van der Waals surface area contributed by atoms with Gasteiger partial charge in [-0.1, -0.05) is 31.5 Å². The first-order chi connectivity index (χ1) is 7.98. The molecule has 0 bridgehead atoms. The maximum atomic E-state index is 5.70. The average Bonchev–Trinajstić information content (AvgIpc) is 2.29. The predicted molar refractivity (Wildman–Crippen MR) is 72.3 cm³/mol. The number of nitrogens with one attached hydrogen (secondary N) is 1. The van der Waals surface area contributed by atoms with Crippen molar-refractivity contribution in [1.82, 2.24) is 5.32 Å². The van der Waals surface area contributed by atoms with E-state index in [1.165, 1.54) is 11.1 Å². The number of rotatable bonds is 6. The van der Waals surface area contributed by atoms with E-state index in [4.69, 9.17) is 10.5 Å². The Bertz CT molecular complexity index is 361. The minimum absolute atomic E-state index is 0.136. The van der Waals surface area contributed by atoms with Gasteiger partial charge in [0.05, 0.1) is 7.11 Å². The van der Waals surface area contributed by atoms with Crippen molar-refractivity contribution in [2.45, 2.75) is 27.3 Å². The van der Waals surface area contributed by atoms with Gasteiger partial charge in [-0.2, -0.15) is 0 Å². The minimum atomic E-state index is 0.136. The number of hydrogen-bond acceptors (Lipinski definition) is 3. The third kappa shape index (κ3) is 4.36. The molecule has 0 atom stereocenters. The van der Waals surface area contributed by atoms with Crippen LogP contribution in [0.25, 0.3) is 0 Å². The van der Waals surface area contributed by atoms with Crippen LogP contribution in [-0.2, 0) is 6.54 Å². The average molecular weight is 236 g/mol. The lowest BCUT2D eigenvalue weighted by Crippen LogP contribution is -2.35. The van der Waals surface area contributed by atoms with Crippen molar-refractivity contribution in [3.05, 3.63) is 29.3 Å². The summed E-state index contributed by atoms with van der Waals surface area (Å²) in [6.07, 6.45) is 0. The quantitative estimate of drug-likeness (QED) is 0.795. The van der Waals surface area contributed by atoms with E-state index in [9.17, 15) is 0 Å². The van der Waals surface area contributed by atoms with Gasteiger partial charge in [-0.3, -0.25) is 0 Å². The molecule has 0 aliphatic heterocycles. The maximum Gasteiger partial charge on any atom is 0.123 e. The van der Waals surface area contributed by atoms with Gasteiger partial charge in [-0.25, -0.2) is 0 Å². The van der Waals surface area contributed by atoms with Crippen molar-refractivity contribution in [1.29, 1.82) is 0 Å². The van der Waals surface area contributed by atoms with Crippen LogP contribution in [0.15, 0.2) is 18.2 Å². The summed E-state index contributed by atoms with van der Waals surface area (Å²) in [5.41, 5.74) is 8.28. The Kier molecular flexibility index (Phi) is 4.97. The monoisotopic (exact) mass is 236 g/mol. The minimum Gasteiger partial charge on any atom is -0.496 e. The first-order valence-corrected chi connectivity index (χ1v) is 6.03. The Balaban J connectivity index is 2.59. The smallest absolute Gasteiger partial charge is 0.123 e. The summed E-state index contributed by atoms with van der Waals surface area (Å²) in [4.78, 5) is 0. The van der Waals surface area contributed by atoms with Crippen LogP contribution in [-0.4, -0.2) is 20.2 Å². The highest BCUT2D eigenvalue weighted by atomic mass is 16.5. The summed E-state index contributed by atoms with van der Waals surface area (Å²) in [7, 11) is 1.71. The van der Waals surface area contributed by atoms with Crippen LogP contribution in [0, 0.1) is 12.3 Å². The highest BCUT2D eigenvalue weighted by molar-refractivity contribution is 5.36. The predicted octanol–water partition coefficient (Wildman–Crippen LogP) is 2.08. The van der Waals surface area contributed by atoms with Gasteiger partial charge in [0.1, 0.15) is 5.75 Å². The molecule has 17 heavy (non-hydrogen) atoms. The van der Waals surface area contributed by atoms with Crippen molar-refractivity contribution in [2.24, 2.45) is 11.1 Å². The Morgan fingerprint density at radius 3 is 2.65 bits per heavy atom. The third-order valence-corrected chi connectivity index (χ3v) is 2.91. The molecule has 0 fully saturated rings. The van der Waals surface area contributed by atoms with Gasteiger partial charge in [-0.15, -0.1) is 0 Å². The zero-order chi connectivity index (χ0) is 12.9. The molecular weight excluding hydrogens is 212 g/mol. The molecule has 1 rings (SSSR count). The molecule has 1 aromatic rings. The molecule has 96 valence electrons. The zero-order valence-electron chi connectivity index (χ0n) is 11.3. The molecular formula is C14H24N2O. The Morgan fingerprint density at radius 2 is 2.06 bits per heavy atom. The van der Waals surface area contributed by atoms with Crippen LogP contribution >= 0.6 is 0 Å². The number of nitrogens with two attached hydrogens (primary N) is 1. The topological polar surface area (TPSA) is 47.3 Å². The first kappa shape index (κ1) is 14.0. The van der Waals surface area contributed by atoms with Crippen molar-refractivity contribution in [3.63, 3.8) is 0 Å². The molecule has 0 aromatic heterocycles. The molecule has 0 saturated carbocycles. The lowest BCUT2D eigenvalue weighted by atomic mass is 9.94. The number of methoxy groups -OCH3 is 1. The fraction of sp³-hybridized carbons (Fsp3) is 0.571. The molecule has 0 saturated heterocycles. The second-order valence-electron chi connectivity index (χ2n) is 5.29. The van der Waals surface area contributed by atoms with E-state index >= 15 is 0 Å². The highest BCUT2D eigenvalue weighted by Crippen LogP contribution is 2.19. The SMILES string of the molecule is COc1ccc(C)cc1CNCC(C)(C)CN. The van der Waals surface area contributed by atoms with Crippen molar-refractivity contribution in [3.8, 4) is 5.75 Å². The van der Waals surface area contributed by atoms with Crippen LogP contribution < -0.4 is 15.8 Å². The second kappa shape index (κ2) is 6.03. The van der Waals surface area contributed by atoms with E-state index in [2.05, 4.69) is 38.2 Å².